The number of nitrogens with zero attached hydrogens (tertiary/aromatic N) is 3. The number of rotatable bonds is 7. The average Bonchev–Trinajstić information content (AvgIpc) is 1.69. The molecule has 0 amide bonds. The fourth-order valence-electron chi connectivity index (χ4n) is 14.3. The van der Waals surface area contributed by atoms with Crippen molar-refractivity contribution in [3.63, 3.8) is 0 Å². The highest BCUT2D eigenvalue weighted by Gasteiger charge is 2.45. The van der Waals surface area contributed by atoms with Gasteiger partial charge in [-0.25, -0.2) is 0 Å². The minimum absolute atomic E-state index is 0.203. The lowest BCUT2D eigenvalue weighted by Crippen LogP contribution is -2.60. The third kappa shape index (κ3) is 6.77. The minimum Gasteiger partial charge on any atom is -0.456 e. The first kappa shape index (κ1) is 45.9. The van der Waals surface area contributed by atoms with E-state index >= 15 is 0 Å². The zero-order valence-corrected chi connectivity index (χ0v) is 45.0. The van der Waals surface area contributed by atoms with E-state index < -0.39 is 0 Å². The Morgan fingerprint density at radius 1 is 0.289 bits per heavy atom. The zero-order valence-electron chi connectivity index (χ0n) is 45.0. The average molecular weight is 1050 g/mol. The Balaban J connectivity index is 1.01. The number of anilines is 3. The monoisotopic (exact) mass is 1050 g/mol. The second kappa shape index (κ2) is 17.8. The maximum absolute atomic E-state index is 7.00. The Hall–Kier alpha value is -10.9. The molecule has 0 N–H and O–H groups in total. The summed E-state index contributed by atoms with van der Waals surface area (Å²) in [6.07, 6.45) is 0. The van der Waals surface area contributed by atoms with Gasteiger partial charge in [0.1, 0.15) is 11.2 Å². The number of hydrogen-bond donors (Lipinski definition) is 0. The highest BCUT2D eigenvalue weighted by Crippen LogP contribution is 2.52. The maximum atomic E-state index is 7.00. The van der Waals surface area contributed by atoms with Crippen LogP contribution in [0.3, 0.4) is 0 Å². The van der Waals surface area contributed by atoms with E-state index in [4.69, 9.17) is 4.42 Å². The third-order valence-electron chi connectivity index (χ3n) is 17.9. The summed E-state index contributed by atoms with van der Waals surface area (Å²) < 4.78 is 12.1. The summed E-state index contributed by atoms with van der Waals surface area (Å²) in [5.41, 5.74) is 27.5. The van der Waals surface area contributed by atoms with Crippen LogP contribution in [-0.4, -0.2) is 15.8 Å². The largest absolute Gasteiger partial charge is 0.456 e. The van der Waals surface area contributed by atoms with Gasteiger partial charge >= 0.3 is 0 Å². The van der Waals surface area contributed by atoms with Crippen LogP contribution in [0.4, 0.5) is 17.1 Å². The van der Waals surface area contributed by atoms with Crippen LogP contribution in [-0.2, 0) is 0 Å². The van der Waals surface area contributed by atoms with E-state index in [-0.39, 0.29) is 6.71 Å². The molecule has 0 saturated carbocycles. The smallest absolute Gasteiger partial charge is 0.252 e. The molecule has 13 aromatic carbocycles. The van der Waals surface area contributed by atoms with Crippen LogP contribution in [0, 0.1) is 0 Å². The Labute approximate surface area is 479 Å². The van der Waals surface area contributed by atoms with E-state index in [1.807, 2.05) is 0 Å². The van der Waals surface area contributed by atoms with Crippen LogP contribution in [0.1, 0.15) is 0 Å². The van der Waals surface area contributed by atoms with Crippen molar-refractivity contribution < 1.29 is 4.42 Å². The van der Waals surface area contributed by atoms with E-state index in [0.29, 0.717) is 0 Å². The summed E-state index contributed by atoms with van der Waals surface area (Å²) in [5, 5.41) is 7.19. The molecule has 5 heterocycles. The molecular formula is C78H48BN3O. The van der Waals surface area contributed by atoms with Crippen molar-refractivity contribution >= 4 is 106 Å². The highest BCUT2D eigenvalue weighted by atomic mass is 16.3. The first-order chi connectivity index (χ1) is 41.2. The summed E-state index contributed by atoms with van der Waals surface area (Å²) in [7, 11) is 0. The van der Waals surface area contributed by atoms with Crippen molar-refractivity contribution in [3.05, 3.63) is 291 Å². The lowest BCUT2D eigenvalue weighted by molar-refractivity contribution is 0.669. The number of para-hydroxylation sites is 5. The predicted molar refractivity (Wildman–Crippen MR) is 349 cm³/mol. The molecule has 4 nitrogen and oxygen atoms in total. The van der Waals surface area contributed by atoms with Crippen molar-refractivity contribution in [1.29, 1.82) is 0 Å². The molecule has 384 valence electrons. The quantitative estimate of drug-likeness (QED) is 0.149. The van der Waals surface area contributed by atoms with Gasteiger partial charge in [0.2, 0.25) is 0 Å². The van der Waals surface area contributed by atoms with Crippen molar-refractivity contribution in [2.45, 2.75) is 0 Å². The Morgan fingerprint density at radius 2 is 0.783 bits per heavy atom. The molecule has 0 atom stereocenters. The summed E-state index contributed by atoms with van der Waals surface area (Å²) in [6.45, 7) is -0.203. The molecule has 0 bridgehead atoms. The van der Waals surface area contributed by atoms with Gasteiger partial charge in [0.05, 0.1) is 27.8 Å². The van der Waals surface area contributed by atoms with Crippen LogP contribution in [0.5, 0.6) is 0 Å². The molecule has 0 saturated heterocycles. The normalized spacial score (nSPS) is 12.5. The van der Waals surface area contributed by atoms with E-state index in [1.54, 1.807) is 0 Å². The van der Waals surface area contributed by atoms with Gasteiger partial charge in [-0.3, -0.25) is 0 Å². The number of benzene rings is 13. The predicted octanol–water partition coefficient (Wildman–Crippen LogP) is 18.7. The van der Waals surface area contributed by atoms with Crippen LogP contribution < -0.4 is 21.3 Å². The maximum Gasteiger partial charge on any atom is 0.252 e. The number of fused-ring (bicyclic) bond motifs is 14. The van der Waals surface area contributed by atoms with Gasteiger partial charge in [-0.05, 0) is 122 Å². The molecule has 0 spiro atoms. The third-order valence-corrected chi connectivity index (χ3v) is 17.9. The molecule has 2 aliphatic rings. The van der Waals surface area contributed by atoms with Gasteiger partial charge in [-0.2, -0.15) is 0 Å². The lowest BCUT2D eigenvalue weighted by Gasteiger charge is -2.42. The molecule has 3 aromatic heterocycles. The summed E-state index contributed by atoms with van der Waals surface area (Å²) in [5.74, 6) is 0. The zero-order chi connectivity index (χ0) is 54.3. The molecule has 83 heavy (non-hydrogen) atoms. The number of aromatic nitrogens is 2. The molecule has 0 unspecified atom stereocenters. The van der Waals surface area contributed by atoms with Crippen molar-refractivity contribution in [1.82, 2.24) is 9.13 Å². The van der Waals surface area contributed by atoms with Crippen LogP contribution in [0.25, 0.3) is 133 Å². The Kier molecular flexibility index (Phi) is 9.86. The standard InChI is InChI=1S/C78H48BN3O/c1-5-20-49(21-6-1)52-36-40-54(41-37-52)58-31-19-32-59(55-42-38-53(39-43-55)50-22-7-2-8-23-50)77(58)82-68-46-63-60-28-15-18-35-72(60)83-73(63)48-64(68)79-65-47-69-74(61-29-13-16-33-66(61)80(69)57-26-11-4-12-27-57)75-62-30-14-17-34-67(62)81(78(65)75)70-44-56(45-71(82)76(70)79)51-24-9-3-10-25-51/h1-48H. The molecule has 16 aromatic rings. The van der Waals surface area contributed by atoms with Gasteiger partial charge < -0.3 is 18.5 Å². The van der Waals surface area contributed by atoms with Crippen LogP contribution >= 0.6 is 0 Å². The summed E-state index contributed by atoms with van der Waals surface area (Å²) >= 11 is 0. The number of hydrogen-bond acceptors (Lipinski definition) is 2. The molecule has 0 radical (unpaired) electrons. The van der Waals surface area contributed by atoms with Crippen LogP contribution in [0.2, 0.25) is 0 Å². The molecule has 18 rings (SSSR count). The Bertz CT molecular complexity index is 5190. The fraction of sp³-hybridized carbons (Fsp3) is 0. The topological polar surface area (TPSA) is 26.2 Å². The summed E-state index contributed by atoms with van der Waals surface area (Å²) in [4.78, 5) is 2.65. The lowest BCUT2D eigenvalue weighted by atomic mass is 9.33. The molecule has 0 aliphatic carbocycles. The van der Waals surface area contributed by atoms with Gasteiger partial charge in [0.15, 0.2) is 0 Å². The second-order valence-electron chi connectivity index (χ2n) is 22.3. The molecule has 5 heteroatoms. The molecular weight excluding hydrogens is 1010 g/mol. The van der Waals surface area contributed by atoms with Gasteiger partial charge in [-0.1, -0.05) is 231 Å². The van der Waals surface area contributed by atoms with Crippen LogP contribution in [0.15, 0.2) is 296 Å². The summed E-state index contributed by atoms with van der Waals surface area (Å²) in [6, 6.07) is 108. The van der Waals surface area contributed by atoms with Gasteiger partial charge in [0.25, 0.3) is 6.71 Å². The van der Waals surface area contributed by atoms with Crippen molar-refractivity contribution in [3.8, 4) is 67.0 Å². The Morgan fingerprint density at radius 3 is 1.41 bits per heavy atom. The van der Waals surface area contributed by atoms with Gasteiger partial charge in [-0.15, -0.1) is 0 Å². The first-order valence-electron chi connectivity index (χ1n) is 28.7. The SMILES string of the molecule is c1ccc(-c2ccc(-c3cccc(-c4ccc(-c5ccccc5)cc4)c3N3c4cc5c(cc4B4c6c3cc(-c3ccccc3)cc6-n3c6ccccc6c6c7c8ccccc8n(-c8ccccc8)c7cc4c63)oc3ccccc35)cc2)cc1. The minimum atomic E-state index is -0.203. The molecule has 0 fully saturated rings. The highest BCUT2D eigenvalue weighted by molar-refractivity contribution is 7.00. The second-order valence-corrected chi connectivity index (χ2v) is 22.3. The van der Waals surface area contributed by atoms with E-state index in [2.05, 4.69) is 305 Å². The molecule has 2 aliphatic heterocycles. The van der Waals surface area contributed by atoms with E-state index in [1.165, 1.54) is 87.9 Å². The van der Waals surface area contributed by atoms with E-state index in [0.717, 1.165) is 78.1 Å². The van der Waals surface area contributed by atoms with Crippen molar-refractivity contribution in [2.24, 2.45) is 0 Å². The number of furan rings is 1. The van der Waals surface area contributed by atoms with Crippen molar-refractivity contribution in [2.75, 3.05) is 4.90 Å². The first-order valence-corrected chi connectivity index (χ1v) is 28.7. The van der Waals surface area contributed by atoms with E-state index in [9.17, 15) is 0 Å². The van der Waals surface area contributed by atoms with Gasteiger partial charge in [0, 0.05) is 66.2 Å². The fourth-order valence-corrected chi connectivity index (χ4v) is 14.3.